The molecule has 2 N–H and O–H groups in total. The van der Waals surface area contributed by atoms with Crippen LogP contribution in [0.3, 0.4) is 0 Å². The number of methoxy groups -OCH3 is 1. The van der Waals surface area contributed by atoms with Crippen LogP contribution in [0.1, 0.15) is 40.4 Å². The van der Waals surface area contributed by atoms with Crippen LogP contribution in [0.4, 0.5) is 0 Å². The minimum Gasteiger partial charge on any atom is -0.508 e. The number of phenolic OH excluding ortho intramolecular Hbond substituents is 2. The molecule has 2 aliphatic heterocycles. The largest absolute Gasteiger partial charge is 0.508 e. The molecule has 6 rings (SSSR count). The molecule has 0 spiro atoms. The minimum absolute atomic E-state index is 0.0865. The number of hydrogen-bond acceptors (Lipinski definition) is 7. The first-order chi connectivity index (χ1) is 17.4. The Morgan fingerprint density at radius 1 is 1.08 bits per heavy atom. The molecule has 1 saturated heterocycles. The number of allylic oxidation sites excluding steroid dienone is 1. The smallest absolute Gasteiger partial charge is 0.235 e. The fraction of sp³-hybridized carbons (Fsp3) is 0.393. The van der Waals surface area contributed by atoms with Crippen molar-refractivity contribution < 1.29 is 24.5 Å². The first kappa shape index (κ1) is 22.9. The van der Waals surface area contributed by atoms with Gasteiger partial charge in [-0.3, -0.25) is 9.69 Å². The van der Waals surface area contributed by atoms with Gasteiger partial charge in [0.05, 0.1) is 7.11 Å². The summed E-state index contributed by atoms with van der Waals surface area (Å²) in [5.41, 5.74) is 3.38. The lowest BCUT2D eigenvalue weighted by atomic mass is 10.0. The highest BCUT2D eigenvalue weighted by Gasteiger charge is 2.35. The van der Waals surface area contributed by atoms with Gasteiger partial charge in [0, 0.05) is 73.6 Å². The van der Waals surface area contributed by atoms with Gasteiger partial charge >= 0.3 is 0 Å². The van der Waals surface area contributed by atoms with Crippen molar-refractivity contribution in [1.82, 2.24) is 14.4 Å². The predicted molar refractivity (Wildman–Crippen MR) is 137 cm³/mol. The van der Waals surface area contributed by atoms with Crippen LogP contribution in [-0.2, 0) is 6.54 Å². The van der Waals surface area contributed by atoms with Gasteiger partial charge < -0.3 is 29.2 Å². The Balaban J connectivity index is 1.43. The van der Waals surface area contributed by atoms with E-state index < -0.39 is 0 Å². The number of ketones is 1. The molecule has 188 valence electrons. The summed E-state index contributed by atoms with van der Waals surface area (Å²) in [5, 5.41) is 21.1. The molecule has 0 amide bonds. The van der Waals surface area contributed by atoms with Crippen molar-refractivity contribution in [3.63, 3.8) is 0 Å². The lowest BCUT2D eigenvalue weighted by molar-refractivity contribution is 0.101. The number of likely N-dealkylation sites (N-methyl/N-ethyl adjacent to an activating group) is 1. The lowest BCUT2D eigenvalue weighted by Gasteiger charge is -2.32. The third-order valence-corrected chi connectivity index (χ3v) is 7.56. The van der Waals surface area contributed by atoms with Crippen LogP contribution in [-0.4, -0.2) is 77.2 Å². The van der Waals surface area contributed by atoms with Crippen LogP contribution in [0.5, 0.6) is 23.0 Å². The van der Waals surface area contributed by atoms with Crippen molar-refractivity contribution in [2.75, 3.05) is 46.9 Å². The Morgan fingerprint density at radius 2 is 1.86 bits per heavy atom. The molecule has 1 aliphatic carbocycles. The normalized spacial score (nSPS) is 19.7. The highest BCUT2D eigenvalue weighted by molar-refractivity contribution is 6.17. The number of piperazine rings is 1. The maximum atomic E-state index is 13.2. The summed E-state index contributed by atoms with van der Waals surface area (Å²) in [6, 6.07) is 8.62. The Kier molecular flexibility index (Phi) is 5.65. The predicted octanol–water partition coefficient (Wildman–Crippen LogP) is 3.80. The fourth-order valence-electron chi connectivity index (χ4n) is 5.42. The molecule has 36 heavy (non-hydrogen) atoms. The SMILES string of the molecule is COc1ccc2c(c1)c(C=C1Oc3cc(O)cc(O)c3C1=O)c(C1CC1)n2CCN1CCN(C)CC1. The highest BCUT2D eigenvalue weighted by atomic mass is 16.5. The van der Waals surface area contributed by atoms with E-state index in [0.29, 0.717) is 5.92 Å². The number of fused-ring (bicyclic) bond motifs is 2. The summed E-state index contributed by atoms with van der Waals surface area (Å²) in [6.07, 6.45) is 4.03. The van der Waals surface area contributed by atoms with Crippen molar-refractivity contribution in [2.45, 2.75) is 25.3 Å². The summed E-state index contributed by atoms with van der Waals surface area (Å²) in [5.74, 6) is 0.693. The number of phenols is 2. The molecule has 8 heteroatoms. The Labute approximate surface area is 209 Å². The number of rotatable bonds is 6. The van der Waals surface area contributed by atoms with E-state index in [-0.39, 0.29) is 34.4 Å². The van der Waals surface area contributed by atoms with Gasteiger partial charge in [0.1, 0.15) is 28.6 Å². The topological polar surface area (TPSA) is 87.4 Å². The van der Waals surface area contributed by atoms with E-state index in [2.05, 4.69) is 27.5 Å². The lowest BCUT2D eigenvalue weighted by Crippen LogP contribution is -2.45. The number of carbonyl (C=O) groups excluding carboxylic acids is 1. The van der Waals surface area contributed by atoms with Crippen LogP contribution in [0.25, 0.3) is 17.0 Å². The number of aromatic hydroxyl groups is 2. The van der Waals surface area contributed by atoms with Crippen LogP contribution in [0.15, 0.2) is 36.1 Å². The molecule has 2 fully saturated rings. The molecule has 0 radical (unpaired) electrons. The summed E-state index contributed by atoms with van der Waals surface area (Å²) < 4.78 is 13.8. The molecule has 0 atom stereocenters. The van der Waals surface area contributed by atoms with Crippen molar-refractivity contribution in [2.24, 2.45) is 0 Å². The van der Waals surface area contributed by atoms with Gasteiger partial charge in [0.15, 0.2) is 5.76 Å². The Morgan fingerprint density at radius 3 is 2.58 bits per heavy atom. The zero-order valence-electron chi connectivity index (χ0n) is 20.7. The molecule has 3 heterocycles. The fourth-order valence-corrected chi connectivity index (χ4v) is 5.42. The maximum absolute atomic E-state index is 13.2. The van der Waals surface area contributed by atoms with Gasteiger partial charge in [0.25, 0.3) is 0 Å². The molecule has 1 saturated carbocycles. The zero-order valence-corrected chi connectivity index (χ0v) is 20.7. The van der Waals surface area contributed by atoms with E-state index in [1.807, 2.05) is 12.1 Å². The van der Waals surface area contributed by atoms with Gasteiger partial charge in [-0.05, 0) is 50.1 Å². The van der Waals surface area contributed by atoms with E-state index in [4.69, 9.17) is 9.47 Å². The third kappa shape index (κ3) is 4.00. The summed E-state index contributed by atoms with van der Waals surface area (Å²) >= 11 is 0. The van der Waals surface area contributed by atoms with E-state index >= 15 is 0 Å². The number of benzene rings is 2. The molecule has 2 aromatic carbocycles. The van der Waals surface area contributed by atoms with Crippen molar-refractivity contribution in [3.05, 3.63) is 52.9 Å². The first-order valence-corrected chi connectivity index (χ1v) is 12.5. The maximum Gasteiger partial charge on any atom is 0.235 e. The van der Waals surface area contributed by atoms with E-state index in [9.17, 15) is 15.0 Å². The number of carbonyl (C=O) groups is 1. The summed E-state index contributed by atoms with van der Waals surface area (Å²) in [7, 11) is 3.82. The number of Topliss-reactive ketones (excluding diaryl/α,β-unsaturated/α-hetero) is 1. The molecule has 0 unspecified atom stereocenters. The standard InChI is InChI=1S/C28H31N3O5/c1-29-7-9-30(10-8-29)11-12-31-22-6-5-19(35-2)15-20(22)21(27(31)17-3-4-17)16-25-28(34)26-23(33)13-18(32)14-24(26)36-25/h5-6,13-17,32-33H,3-4,7-12H2,1-2H3. The third-order valence-electron chi connectivity index (χ3n) is 7.56. The van der Waals surface area contributed by atoms with E-state index in [1.165, 1.54) is 11.8 Å². The Bertz CT molecular complexity index is 1380. The van der Waals surface area contributed by atoms with Crippen LogP contribution in [0, 0.1) is 0 Å². The van der Waals surface area contributed by atoms with Crippen LogP contribution >= 0.6 is 0 Å². The average molecular weight is 490 g/mol. The summed E-state index contributed by atoms with van der Waals surface area (Å²) in [4.78, 5) is 18.1. The Hall–Kier alpha value is -3.49. The second-order valence-electron chi connectivity index (χ2n) is 10.0. The summed E-state index contributed by atoms with van der Waals surface area (Å²) in [6.45, 7) is 6.13. The second kappa shape index (κ2) is 8.87. The molecule has 0 bridgehead atoms. The van der Waals surface area contributed by atoms with Crippen LogP contribution in [0.2, 0.25) is 0 Å². The van der Waals surface area contributed by atoms with Crippen molar-refractivity contribution in [3.8, 4) is 23.0 Å². The first-order valence-electron chi connectivity index (χ1n) is 12.5. The number of hydrogen-bond donors (Lipinski definition) is 2. The van der Waals surface area contributed by atoms with Crippen molar-refractivity contribution >= 4 is 22.8 Å². The molecule has 3 aromatic rings. The van der Waals surface area contributed by atoms with Gasteiger partial charge in [-0.25, -0.2) is 0 Å². The van der Waals surface area contributed by atoms with E-state index in [1.54, 1.807) is 13.2 Å². The number of aromatic nitrogens is 1. The zero-order chi connectivity index (χ0) is 25.0. The van der Waals surface area contributed by atoms with Crippen LogP contribution < -0.4 is 9.47 Å². The van der Waals surface area contributed by atoms with Gasteiger partial charge in [-0.2, -0.15) is 0 Å². The number of nitrogens with zero attached hydrogens (tertiary/aromatic N) is 3. The van der Waals surface area contributed by atoms with Gasteiger partial charge in [0.2, 0.25) is 5.78 Å². The van der Waals surface area contributed by atoms with E-state index in [0.717, 1.165) is 80.4 Å². The molecule has 3 aliphatic rings. The van der Waals surface area contributed by atoms with Gasteiger partial charge in [-0.15, -0.1) is 0 Å². The monoisotopic (exact) mass is 489 g/mol. The molecular weight excluding hydrogens is 458 g/mol. The quantitative estimate of drug-likeness (QED) is 0.509. The molecule has 1 aromatic heterocycles. The highest BCUT2D eigenvalue weighted by Crippen LogP contribution is 2.47. The molecule has 8 nitrogen and oxygen atoms in total. The molecular formula is C28H31N3O5. The second-order valence-corrected chi connectivity index (χ2v) is 10.0. The number of ether oxygens (including phenoxy) is 2. The minimum atomic E-state index is -0.384. The van der Waals surface area contributed by atoms with Gasteiger partial charge in [-0.1, -0.05) is 0 Å². The van der Waals surface area contributed by atoms with Crippen molar-refractivity contribution in [1.29, 1.82) is 0 Å². The average Bonchev–Trinajstić information content (AvgIpc) is 3.59.